The molecular weight excluding hydrogens is 196 g/mol. The van der Waals surface area contributed by atoms with E-state index < -0.39 is 0 Å². The van der Waals surface area contributed by atoms with Gasteiger partial charge in [0.25, 0.3) is 0 Å². The van der Waals surface area contributed by atoms with E-state index in [1.807, 2.05) is 0 Å². The summed E-state index contributed by atoms with van der Waals surface area (Å²) in [5.74, 6) is 0.681. The second-order valence-corrected chi connectivity index (χ2v) is 4.85. The molecule has 14 heavy (non-hydrogen) atoms. The van der Waals surface area contributed by atoms with Crippen molar-refractivity contribution in [2.45, 2.75) is 27.3 Å². The smallest absolute Gasteiger partial charge is 0.203 e. The van der Waals surface area contributed by atoms with Crippen LogP contribution in [-0.4, -0.2) is 28.2 Å². The second-order valence-electron chi connectivity index (χ2n) is 3.76. The van der Waals surface area contributed by atoms with E-state index in [1.54, 1.807) is 0 Å². The van der Waals surface area contributed by atoms with Crippen molar-refractivity contribution in [3.63, 3.8) is 0 Å². The molecule has 0 amide bonds. The molecule has 0 aliphatic carbocycles. The number of rotatable bonds is 5. The molecule has 0 fully saturated rings. The monoisotopic (exact) mass is 214 g/mol. The molecule has 2 N–H and O–H groups in total. The zero-order valence-electron chi connectivity index (χ0n) is 9.03. The number of anilines is 1. The maximum Gasteiger partial charge on any atom is 0.203 e. The average molecular weight is 214 g/mol. The maximum atomic E-state index is 5.52. The lowest BCUT2D eigenvalue weighted by Crippen LogP contribution is -2.26. The summed E-state index contributed by atoms with van der Waals surface area (Å²) >= 11 is 1.47. The topological polar surface area (TPSA) is 55.0 Å². The highest BCUT2D eigenvalue weighted by Crippen LogP contribution is 2.13. The van der Waals surface area contributed by atoms with Gasteiger partial charge in [-0.15, -0.1) is 10.2 Å². The van der Waals surface area contributed by atoms with Crippen molar-refractivity contribution in [1.82, 2.24) is 15.1 Å². The molecule has 0 aliphatic heterocycles. The van der Waals surface area contributed by atoms with Gasteiger partial charge in [-0.3, -0.25) is 4.90 Å². The van der Waals surface area contributed by atoms with Crippen LogP contribution in [0.5, 0.6) is 0 Å². The molecular formula is C9H18N4S. The fourth-order valence-corrected chi connectivity index (χ4v) is 2.00. The summed E-state index contributed by atoms with van der Waals surface area (Å²) in [6, 6.07) is 0. The number of hydrogen-bond donors (Lipinski definition) is 1. The predicted octanol–water partition coefficient (Wildman–Crippen LogP) is 1.60. The van der Waals surface area contributed by atoms with Crippen LogP contribution < -0.4 is 5.73 Å². The van der Waals surface area contributed by atoms with E-state index in [4.69, 9.17) is 5.73 Å². The molecule has 0 atom stereocenters. The number of nitrogen functional groups attached to an aromatic ring is 1. The fourth-order valence-electron chi connectivity index (χ4n) is 1.34. The van der Waals surface area contributed by atoms with Gasteiger partial charge in [0.05, 0.1) is 6.54 Å². The van der Waals surface area contributed by atoms with Crippen molar-refractivity contribution in [2.24, 2.45) is 5.92 Å². The normalized spacial score (nSPS) is 11.5. The Balaban J connectivity index is 2.48. The van der Waals surface area contributed by atoms with Crippen LogP contribution in [0.3, 0.4) is 0 Å². The summed E-state index contributed by atoms with van der Waals surface area (Å²) in [6.07, 6.45) is 0. The Morgan fingerprint density at radius 2 is 2.14 bits per heavy atom. The minimum atomic E-state index is 0.556. The van der Waals surface area contributed by atoms with Gasteiger partial charge >= 0.3 is 0 Å². The van der Waals surface area contributed by atoms with E-state index in [9.17, 15) is 0 Å². The Kier molecular flexibility index (Phi) is 4.28. The zero-order valence-corrected chi connectivity index (χ0v) is 9.84. The minimum absolute atomic E-state index is 0.556. The van der Waals surface area contributed by atoms with Crippen molar-refractivity contribution in [3.8, 4) is 0 Å². The molecule has 0 bridgehead atoms. The van der Waals surface area contributed by atoms with Crippen LogP contribution in [-0.2, 0) is 6.54 Å². The Labute approximate surface area is 89.1 Å². The van der Waals surface area contributed by atoms with Crippen LogP contribution in [0.4, 0.5) is 5.13 Å². The Hall–Kier alpha value is -0.680. The highest BCUT2D eigenvalue weighted by Gasteiger charge is 2.08. The largest absolute Gasteiger partial charge is 0.374 e. The van der Waals surface area contributed by atoms with Crippen molar-refractivity contribution >= 4 is 16.5 Å². The highest BCUT2D eigenvalue weighted by atomic mass is 32.1. The fraction of sp³-hybridized carbons (Fsp3) is 0.778. The van der Waals surface area contributed by atoms with Gasteiger partial charge < -0.3 is 5.73 Å². The Morgan fingerprint density at radius 3 is 2.57 bits per heavy atom. The third kappa shape index (κ3) is 3.59. The third-order valence-corrected chi connectivity index (χ3v) is 2.65. The number of nitrogens with zero attached hydrogens (tertiary/aromatic N) is 3. The van der Waals surface area contributed by atoms with Crippen LogP contribution >= 0.6 is 11.3 Å². The molecule has 5 heteroatoms. The number of nitrogens with two attached hydrogens (primary N) is 1. The van der Waals surface area contributed by atoms with Crippen molar-refractivity contribution in [3.05, 3.63) is 5.01 Å². The average Bonchev–Trinajstić information content (AvgIpc) is 2.49. The second kappa shape index (κ2) is 5.26. The summed E-state index contributed by atoms with van der Waals surface area (Å²) in [7, 11) is 0. The van der Waals surface area contributed by atoms with Crippen LogP contribution in [0, 0.1) is 5.92 Å². The van der Waals surface area contributed by atoms with Gasteiger partial charge in [0, 0.05) is 6.54 Å². The van der Waals surface area contributed by atoms with E-state index in [2.05, 4.69) is 35.9 Å². The van der Waals surface area contributed by atoms with Crippen molar-refractivity contribution in [1.29, 1.82) is 0 Å². The summed E-state index contributed by atoms with van der Waals surface area (Å²) in [5, 5.41) is 9.38. The summed E-state index contributed by atoms with van der Waals surface area (Å²) in [4.78, 5) is 2.35. The van der Waals surface area contributed by atoms with Gasteiger partial charge in [-0.2, -0.15) is 0 Å². The van der Waals surface area contributed by atoms with E-state index in [0.29, 0.717) is 11.0 Å². The molecule has 0 saturated heterocycles. The molecule has 4 nitrogen and oxygen atoms in total. The summed E-state index contributed by atoms with van der Waals surface area (Å²) in [6.45, 7) is 9.60. The summed E-state index contributed by atoms with van der Waals surface area (Å²) in [5.41, 5.74) is 5.52. The van der Waals surface area contributed by atoms with Gasteiger partial charge in [0.1, 0.15) is 5.01 Å². The number of aromatic nitrogens is 2. The van der Waals surface area contributed by atoms with Crippen molar-refractivity contribution < 1.29 is 0 Å². The van der Waals surface area contributed by atoms with E-state index in [-0.39, 0.29) is 0 Å². The Bertz CT molecular complexity index is 272. The lowest BCUT2D eigenvalue weighted by molar-refractivity contribution is 0.247. The first-order valence-corrected chi connectivity index (χ1v) is 5.73. The molecule has 0 radical (unpaired) electrons. The quantitative estimate of drug-likeness (QED) is 0.809. The molecule has 0 spiro atoms. The van der Waals surface area contributed by atoms with Crippen LogP contribution in [0.1, 0.15) is 25.8 Å². The van der Waals surface area contributed by atoms with Gasteiger partial charge in [0.15, 0.2) is 0 Å². The molecule has 1 aromatic heterocycles. The molecule has 0 saturated carbocycles. The maximum absolute atomic E-state index is 5.52. The zero-order chi connectivity index (χ0) is 10.6. The van der Waals surface area contributed by atoms with Gasteiger partial charge in [-0.25, -0.2) is 0 Å². The lowest BCUT2D eigenvalue weighted by Gasteiger charge is -2.20. The highest BCUT2D eigenvalue weighted by molar-refractivity contribution is 7.15. The Morgan fingerprint density at radius 1 is 1.43 bits per heavy atom. The van der Waals surface area contributed by atoms with Gasteiger partial charge in [0.2, 0.25) is 5.13 Å². The standard InChI is InChI=1S/C9H18N4S/c1-4-13(5-7(2)3)6-8-11-12-9(10)14-8/h7H,4-6H2,1-3H3,(H2,10,12). The van der Waals surface area contributed by atoms with Gasteiger partial charge in [-0.1, -0.05) is 32.1 Å². The van der Waals surface area contributed by atoms with Crippen LogP contribution in [0.15, 0.2) is 0 Å². The number of hydrogen-bond acceptors (Lipinski definition) is 5. The summed E-state index contributed by atoms with van der Waals surface area (Å²) < 4.78 is 0. The lowest BCUT2D eigenvalue weighted by atomic mass is 10.2. The van der Waals surface area contributed by atoms with Gasteiger partial charge in [-0.05, 0) is 12.5 Å². The molecule has 1 aromatic rings. The molecule has 80 valence electrons. The first-order valence-electron chi connectivity index (χ1n) is 4.92. The SMILES string of the molecule is CCN(Cc1nnc(N)s1)CC(C)C. The van der Waals surface area contributed by atoms with E-state index >= 15 is 0 Å². The van der Waals surface area contributed by atoms with Crippen LogP contribution in [0.2, 0.25) is 0 Å². The predicted molar refractivity (Wildman–Crippen MR) is 60.1 cm³/mol. The van der Waals surface area contributed by atoms with E-state index in [0.717, 1.165) is 24.6 Å². The van der Waals surface area contributed by atoms with E-state index in [1.165, 1.54) is 11.3 Å². The molecule has 1 rings (SSSR count). The van der Waals surface area contributed by atoms with Crippen LogP contribution in [0.25, 0.3) is 0 Å². The first-order chi connectivity index (χ1) is 6.61. The van der Waals surface area contributed by atoms with Crippen molar-refractivity contribution in [2.75, 3.05) is 18.8 Å². The molecule has 1 heterocycles. The molecule has 0 unspecified atom stereocenters. The molecule has 0 aliphatic rings. The first kappa shape index (κ1) is 11.4. The third-order valence-electron chi connectivity index (χ3n) is 1.91. The minimum Gasteiger partial charge on any atom is -0.374 e. The molecule has 0 aromatic carbocycles.